The molecule has 1 atom stereocenters. The van der Waals surface area contributed by atoms with Crippen LogP contribution in [0.5, 0.6) is 0 Å². The van der Waals surface area contributed by atoms with Gasteiger partial charge in [-0.05, 0) is 55.9 Å². The topological polar surface area (TPSA) is 20.3 Å². The molecular formula is C17H17Cl2NO. The third-order valence-electron chi connectivity index (χ3n) is 3.57. The van der Waals surface area contributed by atoms with Crippen molar-refractivity contribution in [2.45, 2.75) is 13.0 Å². The number of Topliss-reactive ketones (excluding diaryl/α,β-unsaturated/α-hetero) is 1. The Bertz CT molecular complexity index is 608. The molecule has 0 aliphatic heterocycles. The second-order valence-electron chi connectivity index (χ2n) is 5.07. The SMILES string of the molecule is CC(c1ccc(Cl)cc1)N(C)CC(=O)c1ccc(Cl)cc1. The number of hydrogen-bond acceptors (Lipinski definition) is 2. The molecule has 0 aromatic heterocycles. The first kappa shape index (κ1) is 16.0. The fraction of sp³-hybridized carbons (Fsp3) is 0.235. The van der Waals surface area contributed by atoms with Crippen LogP contribution < -0.4 is 0 Å². The smallest absolute Gasteiger partial charge is 0.176 e. The first-order chi connectivity index (χ1) is 9.97. The first-order valence-corrected chi connectivity index (χ1v) is 7.47. The summed E-state index contributed by atoms with van der Waals surface area (Å²) in [5.74, 6) is 0.0787. The Morgan fingerprint density at radius 3 is 2.00 bits per heavy atom. The van der Waals surface area contributed by atoms with E-state index in [2.05, 4.69) is 6.92 Å². The molecule has 2 aromatic carbocycles. The van der Waals surface area contributed by atoms with E-state index in [1.165, 1.54) is 0 Å². The number of rotatable bonds is 5. The number of carbonyl (C=O) groups is 1. The van der Waals surface area contributed by atoms with Crippen LogP contribution in [0.25, 0.3) is 0 Å². The molecule has 0 fully saturated rings. The number of likely N-dealkylation sites (N-methyl/N-ethyl adjacent to an activating group) is 1. The quantitative estimate of drug-likeness (QED) is 0.732. The molecule has 0 aliphatic rings. The molecule has 110 valence electrons. The van der Waals surface area contributed by atoms with Gasteiger partial charge < -0.3 is 0 Å². The van der Waals surface area contributed by atoms with Gasteiger partial charge in [0, 0.05) is 21.7 Å². The van der Waals surface area contributed by atoms with Crippen LogP contribution >= 0.6 is 23.2 Å². The Labute approximate surface area is 135 Å². The normalized spacial score (nSPS) is 12.4. The summed E-state index contributed by atoms with van der Waals surface area (Å²) >= 11 is 11.7. The van der Waals surface area contributed by atoms with Gasteiger partial charge in [-0.1, -0.05) is 35.3 Å². The molecule has 0 saturated carbocycles. The van der Waals surface area contributed by atoms with Gasteiger partial charge in [0.05, 0.1) is 6.54 Å². The van der Waals surface area contributed by atoms with Crippen molar-refractivity contribution in [3.05, 3.63) is 69.7 Å². The molecule has 2 rings (SSSR count). The lowest BCUT2D eigenvalue weighted by Crippen LogP contribution is -2.28. The highest BCUT2D eigenvalue weighted by molar-refractivity contribution is 6.30. The summed E-state index contributed by atoms with van der Waals surface area (Å²) in [5.41, 5.74) is 1.81. The van der Waals surface area contributed by atoms with Gasteiger partial charge in [0.1, 0.15) is 0 Å². The third-order valence-corrected chi connectivity index (χ3v) is 4.08. The maximum atomic E-state index is 12.3. The van der Waals surface area contributed by atoms with Crippen LogP contribution in [0.15, 0.2) is 48.5 Å². The third kappa shape index (κ3) is 4.31. The second-order valence-corrected chi connectivity index (χ2v) is 5.95. The Morgan fingerprint density at radius 1 is 1.00 bits per heavy atom. The van der Waals surface area contributed by atoms with Crippen LogP contribution in [-0.2, 0) is 0 Å². The van der Waals surface area contributed by atoms with Gasteiger partial charge in [-0.25, -0.2) is 0 Å². The van der Waals surface area contributed by atoms with E-state index in [1.807, 2.05) is 36.2 Å². The molecule has 0 spiro atoms. The van der Waals surface area contributed by atoms with Crippen molar-refractivity contribution in [3.63, 3.8) is 0 Å². The molecule has 4 heteroatoms. The Hall–Kier alpha value is -1.35. The zero-order valence-electron chi connectivity index (χ0n) is 12.0. The Morgan fingerprint density at radius 2 is 1.48 bits per heavy atom. The lowest BCUT2D eigenvalue weighted by Gasteiger charge is -2.24. The molecule has 0 amide bonds. The molecule has 0 aliphatic carbocycles. The van der Waals surface area contributed by atoms with Crippen LogP contribution in [0.3, 0.4) is 0 Å². The highest BCUT2D eigenvalue weighted by atomic mass is 35.5. The summed E-state index contributed by atoms with van der Waals surface area (Å²) in [7, 11) is 1.94. The minimum atomic E-state index is 0.0787. The van der Waals surface area contributed by atoms with Gasteiger partial charge in [-0.15, -0.1) is 0 Å². The predicted octanol–water partition coefficient (Wildman–Crippen LogP) is 4.87. The highest BCUT2D eigenvalue weighted by Gasteiger charge is 2.16. The number of benzene rings is 2. The predicted molar refractivity (Wildman–Crippen MR) is 88.3 cm³/mol. The van der Waals surface area contributed by atoms with Crippen molar-refractivity contribution >= 4 is 29.0 Å². The summed E-state index contributed by atoms with van der Waals surface area (Å²) in [4.78, 5) is 14.3. The summed E-state index contributed by atoms with van der Waals surface area (Å²) in [6.45, 7) is 2.42. The average Bonchev–Trinajstić information content (AvgIpc) is 2.47. The van der Waals surface area contributed by atoms with Gasteiger partial charge in [0.2, 0.25) is 0 Å². The zero-order chi connectivity index (χ0) is 15.4. The van der Waals surface area contributed by atoms with Crippen molar-refractivity contribution in [2.75, 3.05) is 13.6 Å². The van der Waals surface area contributed by atoms with Crippen molar-refractivity contribution in [2.24, 2.45) is 0 Å². The van der Waals surface area contributed by atoms with Gasteiger partial charge in [0.25, 0.3) is 0 Å². The van der Waals surface area contributed by atoms with Crippen LogP contribution in [0.2, 0.25) is 10.0 Å². The number of carbonyl (C=O) groups excluding carboxylic acids is 1. The lowest BCUT2D eigenvalue weighted by atomic mass is 10.1. The number of ketones is 1. The molecule has 0 saturated heterocycles. The molecule has 21 heavy (non-hydrogen) atoms. The van der Waals surface area contributed by atoms with E-state index >= 15 is 0 Å². The molecule has 0 N–H and O–H groups in total. The van der Waals surface area contributed by atoms with E-state index in [-0.39, 0.29) is 11.8 Å². The molecule has 2 aromatic rings. The van der Waals surface area contributed by atoms with E-state index in [0.29, 0.717) is 22.2 Å². The average molecular weight is 322 g/mol. The van der Waals surface area contributed by atoms with Crippen molar-refractivity contribution in [3.8, 4) is 0 Å². The van der Waals surface area contributed by atoms with Crippen LogP contribution in [-0.4, -0.2) is 24.3 Å². The Kier molecular flexibility index (Phi) is 5.40. The molecule has 0 bridgehead atoms. The fourth-order valence-electron chi connectivity index (χ4n) is 2.09. The fourth-order valence-corrected chi connectivity index (χ4v) is 2.34. The molecule has 1 unspecified atom stereocenters. The van der Waals surface area contributed by atoms with E-state index in [9.17, 15) is 4.79 Å². The summed E-state index contributed by atoms with van der Waals surface area (Å²) < 4.78 is 0. The monoisotopic (exact) mass is 321 g/mol. The highest BCUT2D eigenvalue weighted by Crippen LogP contribution is 2.21. The zero-order valence-corrected chi connectivity index (χ0v) is 13.5. The largest absolute Gasteiger partial charge is 0.293 e. The van der Waals surface area contributed by atoms with Crippen molar-refractivity contribution in [1.29, 1.82) is 0 Å². The van der Waals surface area contributed by atoms with E-state index in [1.54, 1.807) is 24.3 Å². The number of nitrogens with zero attached hydrogens (tertiary/aromatic N) is 1. The maximum absolute atomic E-state index is 12.3. The molecular weight excluding hydrogens is 305 g/mol. The molecule has 0 radical (unpaired) electrons. The number of hydrogen-bond donors (Lipinski definition) is 0. The lowest BCUT2D eigenvalue weighted by molar-refractivity contribution is 0.0925. The second kappa shape index (κ2) is 7.08. The van der Waals surface area contributed by atoms with Crippen LogP contribution in [0, 0.1) is 0 Å². The van der Waals surface area contributed by atoms with E-state index in [4.69, 9.17) is 23.2 Å². The summed E-state index contributed by atoms with van der Waals surface area (Å²) in [6.07, 6.45) is 0. The molecule has 0 heterocycles. The van der Waals surface area contributed by atoms with E-state index in [0.717, 1.165) is 5.56 Å². The first-order valence-electron chi connectivity index (χ1n) is 6.72. The van der Waals surface area contributed by atoms with Gasteiger partial charge >= 0.3 is 0 Å². The van der Waals surface area contributed by atoms with Gasteiger partial charge in [-0.2, -0.15) is 0 Å². The van der Waals surface area contributed by atoms with Crippen LogP contribution in [0.4, 0.5) is 0 Å². The van der Waals surface area contributed by atoms with Gasteiger partial charge in [-0.3, -0.25) is 9.69 Å². The van der Waals surface area contributed by atoms with Crippen molar-refractivity contribution in [1.82, 2.24) is 4.90 Å². The Balaban J connectivity index is 2.03. The van der Waals surface area contributed by atoms with Gasteiger partial charge in [0.15, 0.2) is 5.78 Å². The van der Waals surface area contributed by atoms with E-state index < -0.39 is 0 Å². The number of halogens is 2. The minimum Gasteiger partial charge on any atom is -0.293 e. The molecule has 2 nitrogen and oxygen atoms in total. The summed E-state index contributed by atoms with van der Waals surface area (Å²) in [5, 5.41) is 1.35. The summed E-state index contributed by atoms with van der Waals surface area (Å²) in [6, 6.07) is 14.8. The minimum absolute atomic E-state index is 0.0787. The standard InChI is InChI=1S/C17H17Cl2NO/c1-12(13-3-7-15(18)8-4-13)20(2)11-17(21)14-5-9-16(19)10-6-14/h3-10,12H,11H2,1-2H3. The van der Waals surface area contributed by atoms with Crippen LogP contribution in [0.1, 0.15) is 28.9 Å². The van der Waals surface area contributed by atoms with Crippen molar-refractivity contribution < 1.29 is 4.79 Å². The maximum Gasteiger partial charge on any atom is 0.176 e.